The van der Waals surface area contributed by atoms with Crippen molar-refractivity contribution < 1.29 is 35.9 Å². The fraction of sp³-hybridized carbons (Fsp3) is 0.778. The van der Waals surface area contributed by atoms with Crippen LogP contribution in [0.4, 0.5) is 0 Å². The monoisotopic (exact) mass is 331 g/mol. The Morgan fingerprint density at radius 2 is 1.40 bits per heavy atom. The highest BCUT2D eigenvalue weighted by Crippen LogP contribution is 2.00. The second-order valence-corrected chi connectivity index (χ2v) is 7.97. The van der Waals surface area contributed by atoms with Gasteiger partial charge >= 0.3 is 11.9 Å². The van der Waals surface area contributed by atoms with Gasteiger partial charge in [0.2, 0.25) is 16.1 Å². The molecule has 0 bridgehead atoms. The molecule has 0 atom stereocenters. The van der Waals surface area contributed by atoms with Crippen molar-refractivity contribution in [1.82, 2.24) is 4.72 Å². The molecule has 0 aliphatic rings. The molecule has 0 aliphatic heterocycles. The van der Waals surface area contributed by atoms with Crippen LogP contribution in [0.5, 0.6) is 0 Å². The molecule has 20 heavy (non-hydrogen) atoms. The summed E-state index contributed by atoms with van der Waals surface area (Å²) in [6.45, 7) is 2.77. The molecular weight excluding hydrogens is 314 g/mol. The second kappa shape index (κ2) is 7.55. The summed E-state index contributed by atoms with van der Waals surface area (Å²) < 4.78 is 55.8. The molecule has 0 heterocycles. The molecule has 118 valence electrons. The van der Waals surface area contributed by atoms with Gasteiger partial charge in [-0.3, -0.25) is 0 Å². The Hall–Kier alpha value is -1.20. The van der Waals surface area contributed by atoms with Crippen LogP contribution in [0.3, 0.4) is 0 Å². The van der Waals surface area contributed by atoms with Gasteiger partial charge in [-0.15, -0.1) is 0 Å². The van der Waals surface area contributed by atoms with Gasteiger partial charge in [0, 0.05) is 6.26 Å². The van der Waals surface area contributed by atoms with Gasteiger partial charge in [0.15, 0.2) is 14.9 Å². The highest BCUT2D eigenvalue weighted by atomic mass is 32.3. The van der Waals surface area contributed by atoms with Gasteiger partial charge in [-0.2, -0.15) is 4.72 Å². The number of hydrogen-bond donors (Lipinski definition) is 1. The van der Waals surface area contributed by atoms with Crippen molar-refractivity contribution in [3.63, 3.8) is 0 Å². The summed E-state index contributed by atoms with van der Waals surface area (Å²) in [6.07, 6.45) is 0.704. The molecule has 0 saturated carbocycles. The minimum atomic E-state index is -4.40. The predicted octanol–water partition coefficient (Wildman–Crippen LogP) is -1.60. The average molecular weight is 331 g/mol. The van der Waals surface area contributed by atoms with Gasteiger partial charge in [0.25, 0.3) is 0 Å². The fourth-order valence-electron chi connectivity index (χ4n) is 1.14. The van der Waals surface area contributed by atoms with E-state index in [1.165, 1.54) is 13.8 Å². The number of ether oxygens (including phenoxy) is 2. The number of nitrogens with one attached hydrogen (secondary N) is 1. The van der Waals surface area contributed by atoms with Gasteiger partial charge in [0.1, 0.15) is 0 Å². The van der Waals surface area contributed by atoms with Crippen LogP contribution in [0.15, 0.2) is 0 Å². The zero-order valence-corrected chi connectivity index (χ0v) is 12.9. The molecule has 0 spiro atoms. The van der Waals surface area contributed by atoms with E-state index in [1.54, 1.807) is 4.72 Å². The van der Waals surface area contributed by atoms with Crippen molar-refractivity contribution >= 4 is 31.8 Å². The predicted molar refractivity (Wildman–Crippen MR) is 68.8 cm³/mol. The molecule has 0 radical (unpaired) electrons. The zero-order chi connectivity index (χ0) is 16.0. The quantitative estimate of drug-likeness (QED) is 0.415. The van der Waals surface area contributed by atoms with Crippen molar-refractivity contribution in [2.45, 2.75) is 19.9 Å². The maximum absolute atomic E-state index is 11.6. The third-order valence-corrected chi connectivity index (χ3v) is 5.26. The van der Waals surface area contributed by atoms with E-state index in [1.807, 2.05) is 0 Å². The summed E-state index contributed by atoms with van der Waals surface area (Å²) in [6, 6.07) is -1.93. The van der Waals surface area contributed by atoms with Crippen LogP contribution >= 0.6 is 0 Å². The first-order valence-electron chi connectivity index (χ1n) is 5.53. The van der Waals surface area contributed by atoms with Gasteiger partial charge in [-0.05, 0) is 13.8 Å². The summed E-state index contributed by atoms with van der Waals surface area (Å²) in [4.78, 5) is 23.0. The molecule has 0 rings (SSSR count). The van der Waals surface area contributed by atoms with Crippen LogP contribution in [-0.4, -0.2) is 59.4 Å². The van der Waals surface area contributed by atoms with E-state index in [-0.39, 0.29) is 13.2 Å². The maximum atomic E-state index is 11.6. The van der Waals surface area contributed by atoms with Crippen LogP contribution in [0.1, 0.15) is 13.8 Å². The van der Waals surface area contributed by atoms with Crippen LogP contribution in [0.25, 0.3) is 0 Å². The van der Waals surface area contributed by atoms with E-state index in [0.29, 0.717) is 6.26 Å². The van der Waals surface area contributed by atoms with Crippen molar-refractivity contribution in [3.05, 3.63) is 0 Å². The summed E-state index contributed by atoms with van der Waals surface area (Å²) in [5, 5.41) is -1.25. The van der Waals surface area contributed by atoms with E-state index < -0.39 is 42.9 Å². The molecule has 0 amide bonds. The average Bonchev–Trinajstić information content (AvgIpc) is 2.23. The molecule has 0 saturated heterocycles. The first kappa shape index (κ1) is 18.8. The first-order valence-corrected chi connectivity index (χ1v) is 9.24. The van der Waals surface area contributed by atoms with Gasteiger partial charge in [-0.1, -0.05) is 0 Å². The number of sulfone groups is 1. The lowest BCUT2D eigenvalue weighted by molar-refractivity contribution is -0.157. The number of sulfonamides is 1. The van der Waals surface area contributed by atoms with Crippen LogP contribution in [0, 0.1) is 0 Å². The van der Waals surface area contributed by atoms with Gasteiger partial charge < -0.3 is 9.47 Å². The van der Waals surface area contributed by atoms with E-state index in [0.717, 1.165) is 0 Å². The molecule has 0 aromatic rings. The minimum Gasteiger partial charge on any atom is -0.464 e. The topological polar surface area (TPSA) is 133 Å². The normalized spacial score (nSPS) is 12.2. The Labute approximate surface area is 117 Å². The molecule has 9 nitrogen and oxygen atoms in total. The van der Waals surface area contributed by atoms with Gasteiger partial charge in [0.05, 0.1) is 13.2 Å². The van der Waals surface area contributed by atoms with Crippen molar-refractivity contribution in [2.75, 3.05) is 24.6 Å². The van der Waals surface area contributed by atoms with E-state index in [2.05, 4.69) is 9.47 Å². The largest absolute Gasteiger partial charge is 0.464 e. The summed E-state index contributed by atoms with van der Waals surface area (Å²) in [5.41, 5.74) is 0. The molecular formula is C9H17NO8S2. The summed E-state index contributed by atoms with van der Waals surface area (Å²) >= 11 is 0. The number of hydrogen-bond acceptors (Lipinski definition) is 8. The lowest BCUT2D eigenvalue weighted by atomic mass is 10.3. The molecule has 1 N–H and O–H groups in total. The highest BCUT2D eigenvalue weighted by molar-refractivity contribution is 8.06. The smallest absolute Gasteiger partial charge is 0.335 e. The van der Waals surface area contributed by atoms with Crippen molar-refractivity contribution in [1.29, 1.82) is 0 Å². The molecule has 0 fully saturated rings. The fourth-order valence-corrected chi connectivity index (χ4v) is 4.22. The Morgan fingerprint density at radius 1 is 1.00 bits per heavy atom. The molecule has 0 aromatic heterocycles. The first-order chi connectivity index (χ1) is 9.02. The SMILES string of the molecule is CCOC(=O)C(NS(=O)(=O)CS(C)(=O)=O)C(=O)OCC. The molecule has 0 aromatic carbocycles. The van der Waals surface area contributed by atoms with E-state index in [9.17, 15) is 26.4 Å². The Bertz CT molecular complexity index is 532. The number of carbonyl (C=O) groups excluding carboxylic acids is 2. The lowest BCUT2D eigenvalue weighted by Gasteiger charge is -2.15. The molecule has 11 heteroatoms. The number of rotatable bonds is 8. The Morgan fingerprint density at radius 3 is 1.70 bits per heavy atom. The summed E-state index contributed by atoms with van der Waals surface area (Å²) in [7, 11) is -8.26. The van der Waals surface area contributed by atoms with Crippen LogP contribution in [-0.2, 0) is 38.9 Å². The third-order valence-electron chi connectivity index (χ3n) is 1.71. The van der Waals surface area contributed by atoms with E-state index in [4.69, 9.17) is 0 Å². The van der Waals surface area contributed by atoms with Gasteiger partial charge in [-0.25, -0.2) is 26.4 Å². The Balaban J connectivity index is 5.16. The number of esters is 2. The van der Waals surface area contributed by atoms with Crippen LogP contribution < -0.4 is 4.72 Å². The minimum absolute atomic E-state index is 0.0808. The second-order valence-electron chi connectivity index (χ2n) is 3.71. The summed E-state index contributed by atoms with van der Waals surface area (Å²) in [5.74, 6) is -2.33. The lowest BCUT2D eigenvalue weighted by Crippen LogP contribution is -2.49. The van der Waals surface area contributed by atoms with Crippen molar-refractivity contribution in [3.8, 4) is 0 Å². The maximum Gasteiger partial charge on any atom is 0.335 e. The third kappa shape index (κ3) is 7.40. The molecule has 0 unspecified atom stereocenters. The van der Waals surface area contributed by atoms with Crippen molar-refractivity contribution in [2.24, 2.45) is 0 Å². The standard InChI is InChI=1S/C9H17NO8S2/c1-4-17-8(11)7(9(12)18-5-2)10-20(15,16)6-19(3,13)14/h7,10H,4-6H2,1-3H3. The molecule has 0 aliphatic carbocycles. The number of carbonyl (C=O) groups is 2. The Kier molecular flexibility index (Phi) is 7.09. The van der Waals surface area contributed by atoms with Crippen LogP contribution in [0.2, 0.25) is 0 Å². The zero-order valence-electron chi connectivity index (χ0n) is 11.3. The van der Waals surface area contributed by atoms with E-state index >= 15 is 0 Å². The highest BCUT2D eigenvalue weighted by Gasteiger charge is 2.34.